The van der Waals surface area contributed by atoms with Gasteiger partial charge in [-0.15, -0.1) is 0 Å². The number of halogens is 1. The molecule has 0 amide bonds. The number of hydrogen-bond donors (Lipinski definition) is 1. The molecule has 0 saturated carbocycles. The van der Waals surface area contributed by atoms with Crippen LogP contribution in [0.2, 0.25) is 5.28 Å². The van der Waals surface area contributed by atoms with Gasteiger partial charge in [0.25, 0.3) is 5.56 Å². The fraction of sp³-hybridized carbons (Fsp3) is 0.333. The van der Waals surface area contributed by atoms with Gasteiger partial charge in [-0.2, -0.15) is 0 Å². The summed E-state index contributed by atoms with van der Waals surface area (Å²) < 4.78 is 1.29. The highest BCUT2D eigenvalue weighted by molar-refractivity contribution is 6.28. The summed E-state index contributed by atoms with van der Waals surface area (Å²) in [4.78, 5) is 16.3. The SMILES string of the molecule is Cc1ccc2nc(Cl)n(CC(C)O)c(=O)c2c1. The summed E-state index contributed by atoms with van der Waals surface area (Å²) in [6.07, 6.45) is -0.644. The van der Waals surface area contributed by atoms with Crippen molar-refractivity contribution in [2.45, 2.75) is 26.5 Å². The molecule has 0 aliphatic rings. The van der Waals surface area contributed by atoms with E-state index in [-0.39, 0.29) is 17.4 Å². The average molecular weight is 253 g/mol. The number of fused-ring (bicyclic) bond motifs is 1. The molecule has 1 atom stereocenters. The van der Waals surface area contributed by atoms with E-state index in [1.807, 2.05) is 13.0 Å². The summed E-state index contributed by atoms with van der Waals surface area (Å²) in [5, 5.41) is 9.96. The maximum atomic E-state index is 12.2. The van der Waals surface area contributed by atoms with Crippen molar-refractivity contribution in [1.82, 2.24) is 9.55 Å². The molecule has 17 heavy (non-hydrogen) atoms. The van der Waals surface area contributed by atoms with Crippen molar-refractivity contribution in [1.29, 1.82) is 0 Å². The molecule has 5 heteroatoms. The first-order valence-electron chi connectivity index (χ1n) is 5.34. The summed E-state index contributed by atoms with van der Waals surface area (Å²) in [6.45, 7) is 3.66. The molecular weight excluding hydrogens is 240 g/mol. The standard InChI is InChI=1S/C12H13ClN2O2/c1-7-3-4-10-9(5-7)11(17)15(6-8(2)16)12(13)14-10/h3-5,8,16H,6H2,1-2H3. The Kier molecular flexibility index (Phi) is 3.17. The number of aliphatic hydroxyl groups is 1. The third kappa shape index (κ3) is 2.33. The number of rotatable bonds is 2. The maximum absolute atomic E-state index is 12.2. The molecule has 1 aromatic carbocycles. The summed E-state index contributed by atoms with van der Waals surface area (Å²) >= 11 is 5.93. The van der Waals surface area contributed by atoms with Crippen LogP contribution in [0.5, 0.6) is 0 Å². The second-order valence-corrected chi connectivity index (χ2v) is 4.50. The fourth-order valence-corrected chi connectivity index (χ4v) is 1.97. The molecular formula is C12H13ClN2O2. The summed E-state index contributed by atoms with van der Waals surface area (Å²) in [5.41, 5.74) is 1.35. The quantitative estimate of drug-likeness (QED) is 0.829. The number of aliphatic hydroxyl groups excluding tert-OH is 1. The molecule has 1 N–H and O–H groups in total. The van der Waals surface area contributed by atoms with Crippen LogP contribution in [0.4, 0.5) is 0 Å². The predicted molar refractivity (Wildman–Crippen MR) is 67.4 cm³/mol. The van der Waals surface area contributed by atoms with Crippen LogP contribution >= 0.6 is 11.6 Å². The second-order valence-electron chi connectivity index (χ2n) is 4.17. The average Bonchev–Trinajstić information content (AvgIpc) is 2.25. The molecule has 0 spiro atoms. The van der Waals surface area contributed by atoms with E-state index in [1.165, 1.54) is 4.57 Å². The van der Waals surface area contributed by atoms with Gasteiger partial charge in [-0.05, 0) is 37.6 Å². The van der Waals surface area contributed by atoms with Crippen molar-refractivity contribution in [3.05, 3.63) is 39.4 Å². The van der Waals surface area contributed by atoms with Crippen LogP contribution < -0.4 is 5.56 Å². The van der Waals surface area contributed by atoms with E-state index in [4.69, 9.17) is 11.6 Å². The molecule has 0 aliphatic heterocycles. The Bertz CT molecular complexity index is 620. The molecule has 1 unspecified atom stereocenters. The highest BCUT2D eigenvalue weighted by Crippen LogP contribution is 2.13. The second kappa shape index (κ2) is 4.47. The Hall–Kier alpha value is -1.39. The molecule has 90 valence electrons. The Morgan fingerprint density at radius 3 is 2.88 bits per heavy atom. The van der Waals surface area contributed by atoms with Gasteiger partial charge in [0.1, 0.15) is 0 Å². The van der Waals surface area contributed by atoms with Crippen LogP contribution in [0.1, 0.15) is 12.5 Å². The van der Waals surface area contributed by atoms with Crippen molar-refractivity contribution in [2.24, 2.45) is 0 Å². The van der Waals surface area contributed by atoms with Crippen molar-refractivity contribution in [2.75, 3.05) is 0 Å². The molecule has 2 rings (SSSR count). The van der Waals surface area contributed by atoms with Crippen molar-refractivity contribution < 1.29 is 5.11 Å². The number of aromatic nitrogens is 2. The van der Waals surface area contributed by atoms with Gasteiger partial charge in [-0.25, -0.2) is 4.98 Å². The van der Waals surface area contributed by atoms with E-state index in [1.54, 1.807) is 19.1 Å². The minimum absolute atomic E-state index is 0.104. The van der Waals surface area contributed by atoms with E-state index in [2.05, 4.69) is 4.98 Å². The van der Waals surface area contributed by atoms with Crippen LogP contribution in [0, 0.1) is 6.92 Å². The van der Waals surface area contributed by atoms with Gasteiger partial charge in [-0.1, -0.05) is 11.6 Å². The molecule has 1 heterocycles. The Labute approximate surface area is 103 Å². The van der Waals surface area contributed by atoms with Crippen molar-refractivity contribution in [3.63, 3.8) is 0 Å². The lowest BCUT2D eigenvalue weighted by Gasteiger charge is -2.11. The number of aryl methyl sites for hydroxylation is 1. The third-order valence-electron chi connectivity index (χ3n) is 2.51. The molecule has 0 bridgehead atoms. The van der Waals surface area contributed by atoms with E-state index >= 15 is 0 Å². The topological polar surface area (TPSA) is 55.1 Å². The number of benzene rings is 1. The molecule has 2 aromatic rings. The molecule has 0 aliphatic carbocycles. The van der Waals surface area contributed by atoms with E-state index < -0.39 is 6.10 Å². The highest BCUT2D eigenvalue weighted by atomic mass is 35.5. The zero-order valence-electron chi connectivity index (χ0n) is 9.64. The van der Waals surface area contributed by atoms with E-state index in [0.29, 0.717) is 10.9 Å². The van der Waals surface area contributed by atoms with Gasteiger partial charge < -0.3 is 5.11 Å². The molecule has 0 radical (unpaired) electrons. The van der Waals surface area contributed by atoms with Gasteiger partial charge in [0.05, 0.1) is 23.6 Å². The van der Waals surface area contributed by atoms with Crippen molar-refractivity contribution in [3.8, 4) is 0 Å². The van der Waals surface area contributed by atoms with Crippen LogP contribution in [0.25, 0.3) is 10.9 Å². The first-order chi connectivity index (χ1) is 7.99. The Balaban J connectivity index is 2.73. The molecule has 0 saturated heterocycles. The summed E-state index contributed by atoms with van der Waals surface area (Å²) in [5.74, 6) is 0. The summed E-state index contributed by atoms with van der Waals surface area (Å²) in [7, 11) is 0. The molecule has 0 fully saturated rings. The van der Waals surface area contributed by atoms with Crippen LogP contribution in [0.3, 0.4) is 0 Å². The minimum Gasteiger partial charge on any atom is -0.392 e. The van der Waals surface area contributed by atoms with Gasteiger partial charge in [0.2, 0.25) is 5.28 Å². The predicted octanol–water partition coefficient (Wildman–Crippen LogP) is 1.74. The first kappa shape index (κ1) is 12.1. The Morgan fingerprint density at radius 1 is 1.53 bits per heavy atom. The monoisotopic (exact) mass is 252 g/mol. The zero-order chi connectivity index (χ0) is 12.6. The first-order valence-corrected chi connectivity index (χ1v) is 5.71. The molecule has 4 nitrogen and oxygen atoms in total. The van der Waals surface area contributed by atoms with Crippen molar-refractivity contribution >= 4 is 22.5 Å². The van der Waals surface area contributed by atoms with Crippen LogP contribution in [0.15, 0.2) is 23.0 Å². The normalized spacial score (nSPS) is 12.9. The highest BCUT2D eigenvalue weighted by Gasteiger charge is 2.10. The molecule has 1 aromatic heterocycles. The minimum atomic E-state index is -0.644. The van der Waals surface area contributed by atoms with Crippen LogP contribution in [-0.2, 0) is 6.54 Å². The lowest BCUT2D eigenvalue weighted by atomic mass is 10.2. The number of hydrogen-bond acceptors (Lipinski definition) is 3. The lowest BCUT2D eigenvalue weighted by molar-refractivity contribution is 0.172. The number of nitrogens with zero attached hydrogens (tertiary/aromatic N) is 2. The fourth-order valence-electron chi connectivity index (χ4n) is 1.73. The lowest BCUT2D eigenvalue weighted by Crippen LogP contribution is -2.26. The summed E-state index contributed by atoms with van der Waals surface area (Å²) in [6, 6.07) is 5.42. The van der Waals surface area contributed by atoms with Gasteiger partial charge in [0, 0.05) is 0 Å². The van der Waals surface area contributed by atoms with Gasteiger partial charge in [0.15, 0.2) is 0 Å². The van der Waals surface area contributed by atoms with Gasteiger partial charge >= 0.3 is 0 Å². The zero-order valence-corrected chi connectivity index (χ0v) is 10.4. The third-order valence-corrected chi connectivity index (χ3v) is 2.80. The van der Waals surface area contributed by atoms with E-state index in [9.17, 15) is 9.90 Å². The maximum Gasteiger partial charge on any atom is 0.262 e. The van der Waals surface area contributed by atoms with E-state index in [0.717, 1.165) is 5.56 Å². The van der Waals surface area contributed by atoms with Gasteiger partial charge in [-0.3, -0.25) is 9.36 Å². The smallest absolute Gasteiger partial charge is 0.262 e. The largest absolute Gasteiger partial charge is 0.392 e. The van der Waals surface area contributed by atoms with Crippen LogP contribution in [-0.4, -0.2) is 20.8 Å². The Morgan fingerprint density at radius 2 is 2.24 bits per heavy atom.